The quantitative estimate of drug-likeness (QED) is 0.267. The van der Waals surface area contributed by atoms with E-state index < -0.39 is 12.1 Å². The van der Waals surface area contributed by atoms with Crippen molar-refractivity contribution in [2.24, 2.45) is 5.10 Å². The van der Waals surface area contributed by atoms with E-state index >= 15 is 0 Å². The first kappa shape index (κ1) is 27.3. The van der Waals surface area contributed by atoms with Crippen LogP contribution in [-0.4, -0.2) is 39.7 Å². The van der Waals surface area contributed by atoms with Crippen LogP contribution in [0.15, 0.2) is 47.6 Å². The second kappa shape index (κ2) is 11.7. The number of ether oxygens (including phenoxy) is 2. The minimum absolute atomic E-state index is 0.00431. The van der Waals surface area contributed by atoms with Crippen LogP contribution in [0.2, 0.25) is 0 Å². The Morgan fingerprint density at radius 2 is 1.91 bits per heavy atom. The number of aromatic nitrogens is 2. The van der Waals surface area contributed by atoms with E-state index in [1.54, 1.807) is 18.2 Å². The standard InChI is InChI=1S/C24H24Br3N3O5/c1-5-12(3)22-29-17-8-7-15(25)10-16(17)23(31)30(22)28-11-14-9-18(34-6-2)21(20(27)19(14)26)35-13(4)24(32)33/h7-13H,5-6H2,1-4H3,(H,32,33)/t12-,13-/m1/s1. The summed E-state index contributed by atoms with van der Waals surface area (Å²) < 4.78 is 14.4. The number of aliphatic carboxylic acids is 1. The number of nitrogens with zero attached hydrogens (tertiary/aromatic N) is 3. The average Bonchev–Trinajstić information content (AvgIpc) is 2.83. The van der Waals surface area contributed by atoms with Gasteiger partial charge in [0.2, 0.25) is 0 Å². The van der Waals surface area contributed by atoms with Crippen LogP contribution in [0, 0.1) is 0 Å². The first-order valence-electron chi connectivity index (χ1n) is 10.9. The van der Waals surface area contributed by atoms with Crippen molar-refractivity contribution in [3.8, 4) is 11.5 Å². The lowest BCUT2D eigenvalue weighted by molar-refractivity contribution is -0.144. The summed E-state index contributed by atoms with van der Waals surface area (Å²) in [6.07, 6.45) is 1.22. The van der Waals surface area contributed by atoms with Crippen LogP contribution >= 0.6 is 47.8 Å². The fraction of sp³-hybridized carbons (Fsp3) is 0.333. The number of carboxylic acid groups (broad SMARTS) is 1. The molecule has 0 bridgehead atoms. The third-order valence-corrected chi connectivity index (χ3v) is 7.93. The van der Waals surface area contributed by atoms with Crippen molar-refractivity contribution >= 4 is 70.9 Å². The molecule has 2 aromatic carbocycles. The van der Waals surface area contributed by atoms with Gasteiger partial charge in [0.1, 0.15) is 5.82 Å². The van der Waals surface area contributed by atoms with E-state index in [-0.39, 0.29) is 17.2 Å². The molecule has 0 spiro atoms. The van der Waals surface area contributed by atoms with Crippen LogP contribution < -0.4 is 15.0 Å². The number of hydrogen-bond donors (Lipinski definition) is 1. The summed E-state index contributed by atoms with van der Waals surface area (Å²) in [4.78, 5) is 29.4. The number of rotatable bonds is 9. The molecule has 11 heteroatoms. The number of carbonyl (C=O) groups is 1. The molecule has 3 aromatic rings. The summed E-state index contributed by atoms with van der Waals surface area (Å²) in [5, 5.41) is 14.2. The second-order valence-electron chi connectivity index (χ2n) is 7.75. The molecule has 2 atom stereocenters. The Morgan fingerprint density at radius 3 is 2.54 bits per heavy atom. The normalized spacial score (nSPS) is 13.2. The van der Waals surface area contributed by atoms with E-state index in [1.807, 2.05) is 26.8 Å². The van der Waals surface area contributed by atoms with E-state index in [1.165, 1.54) is 17.8 Å². The minimum atomic E-state index is -1.10. The highest BCUT2D eigenvalue weighted by atomic mass is 79.9. The lowest BCUT2D eigenvalue weighted by atomic mass is 10.1. The fourth-order valence-electron chi connectivity index (χ4n) is 3.20. The van der Waals surface area contributed by atoms with Gasteiger partial charge in [-0.15, -0.1) is 0 Å². The maximum Gasteiger partial charge on any atom is 0.344 e. The SMILES string of the molecule is CCOc1cc(C=Nn2c([C@H](C)CC)nc3ccc(Br)cc3c2=O)c(Br)c(Br)c1O[C@H](C)C(=O)O. The smallest absolute Gasteiger partial charge is 0.344 e. The van der Waals surface area contributed by atoms with E-state index in [2.05, 4.69) is 52.9 Å². The van der Waals surface area contributed by atoms with Crippen LogP contribution in [0.4, 0.5) is 0 Å². The molecule has 8 nitrogen and oxygen atoms in total. The number of carboxylic acids is 1. The molecule has 0 radical (unpaired) electrons. The van der Waals surface area contributed by atoms with Crippen molar-refractivity contribution < 1.29 is 19.4 Å². The van der Waals surface area contributed by atoms with Gasteiger partial charge in [0, 0.05) is 20.4 Å². The van der Waals surface area contributed by atoms with Gasteiger partial charge in [-0.1, -0.05) is 29.8 Å². The highest BCUT2D eigenvalue weighted by molar-refractivity contribution is 9.13. The Kier molecular flexibility index (Phi) is 9.11. The average molecular weight is 674 g/mol. The predicted molar refractivity (Wildman–Crippen MR) is 146 cm³/mol. The molecule has 35 heavy (non-hydrogen) atoms. The lowest BCUT2D eigenvalue weighted by Crippen LogP contribution is -2.24. The van der Waals surface area contributed by atoms with Crippen molar-refractivity contribution in [3.05, 3.63) is 59.4 Å². The third kappa shape index (κ3) is 5.95. The summed E-state index contributed by atoms with van der Waals surface area (Å²) in [6, 6.07) is 7.05. The molecular weight excluding hydrogens is 650 g/mol. The third-order valence-electron chi connectivity index (χ3n) is 5.30. The van der Waals surface area contributed by atoms with Gasteiger partial charge in [0.25, 0.3) is 5.56 Å². The summed E-state index contributed by atoms with van der Waals surface area (Å²) in [7, 11) is 0. The van der Waals surface area contributed by atoms with Gasteiger partial charge in [-0.2, -0.15) is 9.78 Å². The van der Waals surface area contributed by atoms with Gasteiger partial charge in [-0.3, -0.25) is 4.79 Å². The largest absolute Gasteiger partial charge is 0.490 e. The summed E-state index contributed by atoms with van der Waals surface area (Å²) >= 11 is 10.4. The number of benzene rings is 2. The van der Waals surface area contributed by atoms with Crippen molar-refractivity contribution in [2.45, 2.75) is 46.1 Å². The van der Waals surface area contributed by atoms with Crippen molar-refractivity contribution in [3.63, 3.8) is 0 Å². The Morgan fingerprint density at radius 1 is 1.20 bits per heavy atom. The molecule has 3 rings (SSSR count). The Hall–Kier alpha value is -2.24. The van der Waals surface area contributed by atoms with Gasteiger partial charge >= 0.3 is 5.97 Å². The van der Waals surface area contributed by atoms with E-state index in [0.717, 1.165) is 10.9 Å². The molecule has 1 heterocycles. The maximum atomic E-state index is 13.4. The van der Waals surface area contributed by atoms with E-state index in [0.29, 0.717) is 43.6 Å². The molecule has 186 valence electrons. The summed E-state index contributed by atoms with van der Waals surface area (Å²) in [5.74, 6) is 0.0375. The molecule has 0 fully saturated rings. The Balaban J connectivity index is 2.17. The van der Waals surface area contributed by atoms with Crippen LogP contribution in [0.1, 0.15) is 51.4 Å². The number of halogens is 3. The maximum absolute atomic E-state index is 13.4. The number of fused-ring (bicyclic) bond motifs is 1. The zero-order valence-corrected chi connectivity index (χ0v) is 24.3. The van der Waals surface area contributed by atoms with Gasteiger partial charge < -0.3 is 14.6 Å². The van der Waals surface area contributed by atoms with Gasteiger partial charge in [0.05, 0.1) is 28.2 Å². The van der Waals surface area contributed by atoms with E-state index in [4.69, 9.17) is 14.5 Å². The minimum Gasteiger partial charge on any atom is -0.490 e. The monoisotopic (exact) mass is 671 g/mol. The van der Waals surface area contributed by atoms with Crippen LogP contribution in [0.5, 0.6) is 11.5 Å². The zero-order valence-electron chi connectivity index (χ0n) is 19.5. The molecule has 1 N–H and O–H groups in total. The summed E-state index contributed by atoms with van der Waals surface area (Å²) in [5.41, 5.74) is 0.918. The molecule has 0 saturated heterocycles. The van der Waals surface area contributed by atoms with Crippen LogP contribution in [0.3, 0.4) is 0 Å². The predicted octanol–water partition coefficient (Wildman–Crippen LogP) is 6.33. The van der Waals surface area contributed by atoms with Crippen molar-refractivity contribution in [2.75, 3.05) is 6.61 Å². The molecule has 0 unspecified atom stereocenters. The molecule has 1 aromatic heterocycles. The molecular formula is C24H24Br3N3O5. The highest BCUT2D eigenvalue weighted by Crippen LogP contribution is 2.43. The molecule has 0 amide bonds. The molecule has 0 aliphatic rings. The zero-order chi connectivity index (χ0) is 25.9. The highest BCUT2D eigenvalue weighted by Gasteiger charge is 2.22. The first-order chi connectivity index (χ1) is 16.6. The Labute approximate surface area is 227 Å². The van der Waals surface area contributed by atoms with E-state index in [9.17, 15) is 14.7 Å². The molecule has 0 aliphatic carbocycles. The van der Waals surface area contributed by atoms with Crippen LogP contribution in [-0.2, 0) is 4.79 Å². The van der Waals surface area contributed by atoms with Gasteiger partial charge in [-0.25, -0.2) is 9.78 Å². The lowest BCUT2D eigenvalue weighted by Gasteiger charge is -2.18. The van der Waals surface area contributed by atoms with Gasteiger partial charge in [0.15, 0.2) is 17.6 Å². The summed E-state index contributed by atoms with van der Waals surface area (Å²) in [6.45, 7) is 7.60. The van der Waals surface area contributed by atoms with Crippen LogP contribution in [0.25, 0.3) is 10.9 Å². The first-order valence-corrected chi connectivity index (χ1v) is 13.3. The molecule has 0 aliphatic heterocycles. The fourth-order valence-corrected chi connectivity index (χ4v) is 4.47. The topological polar surface area (TPSA) is 103 Å². The van der Waals surface area contributed by atoms with Crippen molar-refractivity contribution in [1.29, 1.82) is 0 Å². The Bertz CT molecular complexity index is 1360. The van der Waals surface area contributed by atoms with Gasteiger partial charge in [-0.05, 0) is 76.4 Å². The number of hydrogen-bond acceptors (Lipinski definition) is 6. The van der Waals surface area contributed by atoms with Crippen molar-refractivity contribution in [1.82, 2.24) is 9.66 Å². The second-order valence-corrected chi connectivity index (χ2v) is 10.3. The molecule has 0 saturated carbocycles.